The van der Waals surface area contributed by atoms with Gasteiger partial charge < -0.3 is 25.0 Å². The molecule has 1 unspecified atom stereocenters. The summed E-state index contributed by atoms with van der Waals surface area (Å²) in [5.41, 5.74) is 1.03. The Balaban J connectivity index is 1.80. The molecule has 0 spiro atoms. The van der Waals surface area contributed by atoms with Crippen LogP contribution in [-0.2, 0) is 4.79 Å². The van der Waals surface area contributed by atoms with Crippen LogP contribution in [0.15, 0.2) is 30.3 Å². The molecule has 1 fully saturated rings. The molecule has 0 saturated carbocycles. The van der Waals surface area contributed by atoms with Gasteiger partial charge in [-0.25, -0.2) is 9.37 Å². The zero-order valence-corrected chi connectivity index (χ0v) is 19.2. The number of amides is 1. The Bertz CT molecular complexity index is 1280. The number of fused-ring (bicyclic) bond motifs is 1. The molecule has 0 radical (unpaired) electrons. The number of hydrogen-bond acceptors (Lipinski definition) is 8. The Morgan fingerprint density at radius 2 is 1.97 bits per heavy atom. The van der Waals surface area contributed by atoms with Crippen LogP contribution in [0.4, 0.5) is 21.8 Å². The van der Waals surface area contributed by atoms with Crippen LogP contribution in [-0.4, -0.2) is 49.2 Å². The molecule has 2 aromatic carbocycles. The molecule has 1 saturated heterocycles. The first kappa shape index (κ1) is 23.0. The maximum Gasteiger partial charge on any atom is 0.229 e. The lowest BCUT2D eigenvalue weighted by Crippen LogP contribution is -2.47. The first-order valence-electron chi connectivity index (χ1n) is 10.8. The lowest BCUT2D eigenvalue weighted by Gasteiger charge is -2.34. The van der Waals surface area contributed by atoms with Crippen molar-refractivity contribution < 1.29 is 18.7 Å². The highest BCUT2D eigenvalue weighted by Crippen LogP contribution is 2.37. The smallest absolute Gasteiger partial charge is 0.229 e. The van der Waals surface area contributed by atoms with Gasteiger partial charge in [0.1, 0.15) is 17.7 Å². The van der Waals surface area contributed by atoms with E-state index in [1.54, 1.807) is 20.3 Å². The van der Waals surface area contributed by atoms with Gasteiger partial charge in [-0.3, -0.25) is 4.79 Å². The van der Waals surface area contributed by atoms with Gasteiger partial charge in [0, 0.05) is 43.2 Å². The van der Waals surface area contributed by atoms with Crippen LogP contribution in [0, 0.1) is 17.1 Å². The molecule has 1 atom stereocenters. The highest BCUT2D eigenvalue weighted by Gasteiger charge is 2.25. The normalized spacial score (nSPS) is 15.5. The van der Waals surface area contributed by atoms with Crippen molar-refractivity contribution in [3.8, 4) is 17.6 Å². The summed E-state index contributed by atoms with van der Waals surface area (Å²) in [7, 11) is 3.12. The zero-order chi connectivity index (χ0) is 24.2. The Morgan fingerprint density at radius 3 is 2.68 bits per heavy atom. The molecule has 0 aliphatic carbocycles. The second-order valence-electron chi connectivity index (χ2n) is 8.01. The fourth-order valence-electron chi connectivity index (χ4n) is 4.13. The first-order valence-corrected chi connectivity index (χ1v) is 10.8. The Morgan fingerprint density at radius 1 is 1.21 bits per heavy atom. The van der Waals surface area contributed by atoms with Gasteiger partial charge in [-0.2, -0.15) is 10.2 Å². The Kier molecular flexibility index (Phi) is 6.63. The van der Waals surface area contributed by atoms with Crippen LogP contribution in [0.25, 0.3) is 10.9 Å². The van der Waals surface area contributed by atoms with Gasteiger partial charge in [0.25, 0.3) is 0 Å². The summed E-state index contributed by atoms with van der Waals surface area (Å²) in [6.45, 7) is 2.86. The number of rotatable bonds is 6. The highest BCUT2D eigenvalue weighted by atomic mass is 19.1. The number of ether oxygens (including phenoxy) is 2. The van der Waals surface area contributed by atoms with E-state index in [2.05, 4.69) is 20.5 Å². The third-order valence-electron chi connectivity index (χ3n) is 5.65. The maximum absolute atomic E-state index is 13.8. The van der Waals surface area contributed by atoms with Gasteiger partial charge in [-0.05, 0) is 37.1 Å². The van der Waals surface area contributed by atoms with Gasteiger partial charge in [0.2, 0.25) is 11.9 Å². The molecule has 0 bridgehead atoms. The number of hydrogen-bond donors (Lipinski definition) is 2. The molecule has 3 aromatic rings. The number of nitrogens with zero attached hydrogens (tertiary/aromatic N) is 4. The lowest BCUT2D eigenvalue weighted by molar-refractivity contribution is -0.119. The minimum atomic E-state index is -0.595. The number of halogens is 1. The van der Waals surface area contributed by atoms with E-state index < -0.39 is 5.82 Å². The summed E-state index contributed by atoms with van der Waals surface area (Å²) in [4.78, 5) is 23.1. The molecule has 9 nitrogen and oxygen atoms in total. The van der Waals surface area contributed by atoms with Crippen molar-refractivity contribution in [1.82, 2.24) is 15.3 Å². The third-order valence-corrected chi connectivity index (χ3v) is 5.65. The lowest BCUT2D eigenvalue weighted by atomic mass is 10.0. The number of methoxy groups -OCH3 is 2. The maximum atomic E-state index is 13.8. The quantitative estimate of drug-likeness (QED) is 0.570. The van der Waals surface area contributed by atoms with Gasteiger partial charge in [0.05, 0.1) is 25.3 Å². The number of carbonyl (C=O) groups is 1. The molecular formula is C24H25FN6O3. The average Bonchev–Trinajstić information content (AvgIpc) is 2.83. The monoisotopic (exact) mass is 464 g/mol. The summed E-state index contributed by atoms with van der Waals surface area (Å²) in [6, 6.07) is 9.59. The molecule has 1 aromatic heterocycles. The molecule has 34 heavy (non-hydrogen) atoms. The van der Waals surface area contributed by atoms with Crippen molar-refractivity contribution in [2.24, 2.45) is 0 Å². The summed E-state index contributed by atoms with van der Waals surface area (Å²) in [6.07, 6.45) is 1.77. The van der Waals surface area contributed by atoms with Crippen molar-refractivity contribution in [2.45, 2.75) is 25.8 Å². The second-order valence-corrected chi connectivity index (χ2v) is 8.01. The van der Waals surface area contributed by atoms with Gasteiger partial charge in [-0.15, -0.1) is 0 Å². The number of piperidine rings is 1. The number of aromatic nitrogens is 2. The van der Waals surface area contributed by atoms with Crippen molar-refractivity contribution in [3.05, 3.63) is 41.7 Å². The third kappa shape index (κ3) is 4.78. The number of nitriles is 1. The van der Waals surface area contributed by atoms with Crippen LogP contribution in [0.2, 0.25) is 0 Å². The Labute approximate surface area is 196 Å². The standard InChI is InChI=1S/C24H25FN6O3/c1-14(32)27-17-5-4-8-31(13-17)23-18-10-21(33-2)22(34-3)11-20(18)29-24(30-23)28-16-6-7-19(25)15(9-16)12-26/h6-7,9-11,17H,4-5,8,13H2,1-3H3,(H,27,32)(H,28,29,30). The van der Waals surface area contributed by atoms with Gasteiger partial charge in [-0.1, -0.05) is 0 Å². The fourth-order valence-corrected chi connectivity index (χ4v) is 4.13. The largest absolute Gasteiger partial charge is 0.493 e. The van der Waals surface area contributed by atoms with Crippen LogP contribution < -0.4 is 25.0 Å². The van der Waals surface area contributed by atoms with Gasteiger partial charge in [0.15, 0.2) is 11.5 Å². The SMILES string of the molecule is COc1cc2nc(Nc3ccc(F)c(C#N)c3)nc(N3CCCC(NC(C)=O)C3)c2cc1OC. The van der Waals surface area contributed by atoms with Crippen LogP contribution in [0.5, 0.6) is 11.5 Å². The zero-order valence-electron chi connectivity index (χ0n) is 19.2. The summed E-state index contributed by atoms with van der Waals surface area (Å²) < 4.78 is 24.7. The van der Waals surface area contributed by atoms with Crippen molar-refractivity contribution in [1.29, 1.82) is 5.26 Å². The predicted molar refractivity (Wildman–Crippen MR) is 126 cm³/mol. The van der Waals surface area contributed by atoms with E-state index in [1.807, 2.05) is 12.1 Å². The number of anilines is 3. The van der Waals surface area contributed by atoms with Gasteiger partial charge >= 0.3 is 0 Å². The van der Waals surface area contributed by atoms with E-state index in [0.29, 0.717) is 35.1 Å². The molecule has 2 N–H and O–H groups in total. The average molecular weight is 465 g/mol. The van der Waals surface area contributed by atoms with E-state index in [0.717, 1.165) is 24.8 Å². The van der Waals surface area contributed by atoms with Crippen molar-refractivity contribution >= 4 is 34.3 Å². The van der Waals surface area contributed by atoms with Crippen molar-refractivity contribution in [3.63, 3.8) is 0 Å². The molecule has 1 aliphatic heterocycles. The highest BCUT2D eigenvalue weighted by molar-refractivity contribution is 5.93. The molecule has 10 heteroatoms. The number of benzene rings is 2. The molecule has 2 heterocycles. The molecular weight excluding hydrogens is 439 g/mol. The van der Waals surface area contributed by atoms with Crippen LogP contribution >= 0.6 is 0 Å². The van der Waals surface area contributed by atoms with Crippen LogP contribution in [0.1, 0.15) is 25.3 Å². The molecule has 1 amide bonds. The van der Waals surface area contributed by atoms with E-state index in [9.17, 15) is 9.18 Å². The fraction of sp³-hybridized carbons (Fsp3) is 0.333. The topological polar surface area (TPSA) is 112 Å². The molecule has 176 valence electrons. The van der Waals surface area contributed by atoms with E-state index in [-0.39, 0.29) is 23.5 Å². The number of carbonyl (C=O) groups excluding carboxylic acids is 1. The minimum Gasteiger partial charge on any atom is -0.493 e. The first-order chi connectivity index (χ1) is 16.4. The summed E-state index contributed by atoms with van der Waals surface area (Å²) >= 11 is 0. The predicted octanol–water partition coefficient (Wildman–Crippen LogP) is 3.51. The van der Waals surface area contributed by atoms with E-state index in [4.69, 9.17) is 19.7 Å². The summed E-state index contributed by atoms with van der Waals surface area (Å²) in [5.74, 6) is 1.36. The summed E-state index contributed by atoms with van der Waals surface area (Å²) in [5, 5.41) is 16.0. The van der Waals surface area contributed by atoms with Crippen molar-refractivity contribution in [2.75, 3.05) is 37.5 Å². The molecule has 4 rings (SSSR count). The number of nitrogens with one attached hydrogen (secondary N) is 2. The van der Waals surface area contributed by atoms with Crippen LogP contribution in [0.3, 0.4) is 0 Å². The Hall–Kier alpha value is -4.13. The van der Waals surface area contributed by atoms with E-state index >= 15 is 0 Å². The molecule has 1 aliphatic rings. The van der Waals surface area contributed by atoms with E-state index in [1.165, 1.54) is 25.1 Å². The second kappa shape index (κ2) is 9.79. The minimum absolute atomic E-state index is 0.00287.